The third-order valence-electron chi connectivity index (χ3n) is 3.85. The lowest BCUT2D eigenvalue weighted by Gasteiger charge is -2.17. The molecule has 2 aromatic carbocycles. The van der Waals surface area contributed by atoms with E-state index in [1.54, 1.807) is 25.3 Å². The zero-order valence-electron chi connectivity index (χ0n) is 15.3. The van der Waals surface area contributed by atoms with Gasteiger partial charge in [0, 0.05) is 37.2 Å². The molecule has 0 atom stereocenters. The molecular weight excluding hydrogens is 418 g/mol. The van der Waals surface area contributed by atoms with Crippen LogP contribution in [0.15, 0.2) is 45.8 Å². The largest absolute Gasteiger partial charge is 0.496 e. The van der Waals surface area contributed by atoms with E-state index in [2.05, 4.69) is 26.6 Å². The van der Waals surface area contributed by atoms with E-state index in [-0.39, 0.29) is 4.90 Å². The van der Waals surface area contributed by atoms with Crippen molar-refractivity contribution in [2.75, 3.05) is 38.4 Å². The molecule has 6 nitrogen and oxygen atoms in total. The fourth-order valence-corrected chi connectivity index (χ4v) is 3.80. The fraction of sp³-hybridized carbons (Fsp3) is 0.333. The smallest absolute Gasteiger partial charge is 0.242 e. The Morgan fingerprint density at radius 1 is 1.08 bits per heavy atom. The number of halogens is 1. The summed E-state index contributed by atoms with van der Waals surface area (Å²) in [4.78, 5) is 0.243. The van der Waals surface area contributed by atoms with Gasteiger partial charge in [-0.3, -0.25) is 0 Å². The minimum atomic E-state index is -3.50. The lowest BCUT2D eigenvalue weighted by molar-refractivity contribution is 0.410. The van der Waals surface area contributed by atoms with Gasteiger partial charge < -0.3 is 15.4 Å². The summed E-state index contributed by atoms with van der Waals surface area (Å²) >= 11 is 3.46. The SMILES string of the molecule is CCNc1ccc(S(=O)(=O)N(C)C)cc1NCc1cc(Br)ccc1OC. The van der Waals surface area contributed by atoms with Crippen LogP contribution in [0.25, 0.3) is 0 Å². The molecule has 0 aliphatic rings. The highest BCUT2D eigenvalue weighted by Crippen LogP contribution is 2.29. The van der Waals surface area contributed by atoms with Crippen molar-refractivity contribution in [3.05, 3.63) is 46.4 Å². The highest BCUT2D eigenvalue weighted by molar-refractivity contribution is 9.10. The zero-order chi connectivity index (χ0) is 19.3. The first kappa shape index (κ1) is 20.5. The minimum absolute atomic E-state index is 0.243. The molecule has 2 rings (SSSR count). The van der Waals surface area contributed by atoms with Crippen molar-refractivity contribution in [1.82, 2.24) is 4.31 Å². The van der Waals surface area contributed by atoms with E-state index < -0.39 is 10.0 Å². The molecule has 0 saturated carbocycles. The molecule has 0 amide bonds. The first-order chi connectivity index (χ1) is 12.3. The first-order valence-corrected chi connectivity index (χ1v) is 10.4. The molecule has 0 fully saturated rings. The topological polar surface area (TPSA) is 70.7 Å². The van der Waals surface area contributed by atoms with Crippen LogP contribution in [0.5, 0.6) is 5.75 Å². The van der Waals surface area contributed by atoms with Crippen LogP contribution in [0.3, 0.4) is 0 Å². The molecule has 8 heteroatoms. The van der Waals surface area contributed by atoms with Gasteiger partial charge in [0.05, 0.1) is 23.4 Å². The lowest BCUT2D eigenvalue weighted by atomic mass is 10.2. The van der Waals surface area contributed by atoms with Crippen molar-refractivity contribution >= 4 is 37.3 Å². The van der Waals surface area contributed by atoms with Crippen LogP contribution in [0, 0.1) is 0 Å². The van der Waals surface area contributed by atoms with E-state index in [9.17, 15) is 8.42 Å². The number of anilines is 2. The Morgan fingerprint density at radius 2 is 1.81 bits per heavy atom. The van der Waals surface area contributed by atoms with Crippen molar-refractivity contribution in [2.45, 2.75) is 18.4 Å². The zero-order valence-corrected chi connectivity index (χ0v) is 17.7. The fourth-order valence-electron chi connectivity index (χ4n) is 2.46. The van der Waals surface area contributed by atoms with Crippen molar-refractivity contribution in [3.63, 3.8) is 0 Å². The maximum Gasteiger partial charge on any atom is 0.242 e. The number of ether oxygens (including phenoxy) is 1. The Labute approximate surface area is 163 Å². The van der Waals surface area contributed by atoms with Crippen molar-refractivity contribution < 1.29 is 13.2 Å². The van der Waals surface area contributed by atoms with Crippen LogP contribution in [-0.2, 0) is 16.6 Å². The molecule has 0 aliphatic heterocycles. The highest BCUT2D eigenvalue weighted by Gasteiger charge is 2.19. The predicted molar refractivity (Wildman–Crippen MR) is 109 cm³/mol. The Morgan fingerprint density at radius 3 is 2.42 bits per heavy atom. The van der Waals surface area contributed by atoms with E-state index in [4.69, 9.17) is 4.74 Å². The molecule has 0 aliphatic carbocycles. The average Bonchev–Trinajstić information content (AvgIpc) is 2.61. The van der Waals surface area contributed by atoms with Gasteiger partial charge >= 0.3 is 0 Å². The summed E-state index contributed by atoms with van der Waals surface area (Å²) in [5, 5.41) is 6.57. The first-order valence-electron chi connectivity index (χ1n) is 8.16. The molecule has 0 unspecified atom stereocenters. The minimum Gasteiger partial charge on any atom is -0.496 e. The van der Waals surface area contributed by atoms with Gasteiger partial charge in [0.2, 0.25) is 10.0 Å². The third kappa shape index (κ3) is 4.69. The average molecular weight is 442 g/mol. The van der Waals surface area contributed by atoms with E-state index in [1.807, 2.05) is 25.1 Å². The van der Waals surface area contributed by atoms with Gasteiger partial charge in [0.15, 0.2) is 0 Å². The number of methoxy groups -OCH3 is 1. The van der Waals surface area contributed by atoms with E-state index >= 15 is 0 Å². The predicted octanol–water partition coefficient (Wildman–Crippen LogP) is 3.75. The molecule has 0 saturated heterocycles. The van der Waals surface area contributed by atoms with Crippen LogP contribution in [-0.4, -0.2) is 40.5 Å². The maximum atomic E-state index is 12.4. The maximum absolute atomic E-state index is 12.4. The number of nitrogens with zero attached hydrogens (tertiary/aromatic N) is 1. The van der Waals surface area contributed by atoms with Gasteiger partial charge in [-0.15, -0.1) is 0 Å². The van der Waals surface area contributed by atoms with Crippen LogP contribution in [0.2, 0.25) is 0 Å². The van der Waals surface area contributed by atoms with Gasteiger partial charge in [0.25, 0.3) is 0 Å². The van der Waals surface area contributed by atoms with E-state index in [0.29, 0.717) is 6.54 Å². The van der Waals surface area contributed by atoms with Gasteiger partial charge in [-0.1, -0.05) is 15.9 Å². The molecule has 0 heterocycles. The number of sulfonamides is 1. The van der Waals surface area contributed by atoms with Crippen molar-refractivity contribution in [1.29, 1.82) is 0 Å². The Balaban J connectivity index is 2.36. The Bertz CT molecular complexity index is 870. The van der Waals surface area contributed by atoms with E-state index in [1.165, 1.54) is 18.4 Å². The molecular formula is C18H24BrN3O3S. The molecule has 2 N–H and O–H groups in total. The Kier molecular flexibility index (Phi) is 6.91. The summed E-state index contributed by atoms with van der Waals surface area (Å²) in [7, 11) is 1.17. The van der Waals surface area contributed by atoms with Gasteiger partial charge in [-0.2, -0.15) is 0 Å². The number of nitrogens with one attached hydrogen (secondary N) is 2. The van der Waals surface area contributed by atoms with Crippen LogP contribution in [0.1, 0.15) is 12.5 Å². The number of benzene rings is 2. The monoisotopic (exact) mass is 441 g/mol. The summed E-state index contributed by atoms with van der Waals surface area (Å²) < 4.78 is 32.4. The second kappa shape index (κ2) is 8.75. The number of rotatable bonds is 8. The van der Waals surface area contributed by atoms with Crippen LogP contribution in [0.4, 0.5) is 11.4 Å². The van der Waals surface area contributed by atoms with Gasteiger partial charge in [-0.05, 0) is 43.3 Å². The Hall–Kier alpha value is -1.77. The second-order valence-corrected chi connectivity index (χ2v) is 8.90. The lowest BCUT2D eigenvalue weighted by Crippen LogP contribution is -2.22. The molecule has 2 aromatic rings. The standard InChI is InChI=1S/C18H24BrN3O3S/c1-5-20-16-8-7-15(26(23,24)22(2)3)11-17(16)21-12-13-10-14(19)6-9-18(13)25-4/h6-11,20-21H,5,12H2,1-4H3. The number of hydrogen-bond donors (Lipinski definition) is 2. The van der Waals surface area contributed by atoms with E-state index in [0.717, 1.165) is 33.7 Å². The van der Waals surface area contributed by atoms with Crippen molar-refractivity contribution in [2.24, 2.45) is 0 Å². The second-order valence-electron chi connectivity index (χ2n) is 5.83. The van der Waals surface area contributed by atoms with Crippen LogP contribution >= 0.6 is 15.9 Å². The molecule has 0 spiro atoms. The van der Waals surface area contributed by atoms with Gasteiger partial charge in [0.1, 0.15) is 5.75 Å². The molecule has 0 radical (unpaired) electrons. The highest BCUT2D eigenvalue weighted by atomic mass is 79.9. The quantitative estimate of drug-likeness (QED) is 0.652. The molecule has 26 heavy (non-hydrogen) atoms. The van der Waals surface area contributed by atoms with Crippen LogP contribution < -0.4 is 15.4 Å². The number of hydrogen-bond acceptors (Lipinski definition) is 5. The molecule has 0 bridgehead atoms. The normalized spacial score (nSPS) is 11.5. The summed E-state index contributed by atoms with van der Waals surface area (Å²) in [5.74, 6) is 0.766. The van der Waals surface area contributed by atoms with Crippen molar-refractivity contribution in [3.8, 4) is 5.75 Å². The van der Waals surface area contributed by atoms with Gasteiger partial charge in [-0.25, -0.2) is 12.7 Å². The molecule has 0 aromatic heterocycles. The summed E-state index contributed by atoms with van der Waals surface area (Å²) in [6.07, 6.45) is 0. The molecule has 142 valence electrons. The summed E-state index contributed by atoms with van der Waals surface area (Å²) in [6, 6.07) is 10.8. The third-order valence-corrected chi connectivity index (χ3v) is 6.15. The summed E-state index contributed by atoms with van der Waals surface area (Å²) in [5.41, 5.74) is 2.53. The summed E-state index contributed by atoms with van der Waals surface area (Å²) in [6.45, 7) is 3.22.